The van der Waals surface area contributed by atoms with Gasteiger partial charge in [-0.15, -0.1) is 0 Å². The van der Waals surface area contributed by atoms with Crippen molar-refractivity contribution in [1.29, 1.82) is 0 Å². The number of fused-ring (bicyclic) bond motifs is 4. The second-order valence-corrected chi connectivity index (χ2v) is 21.8. The van der Waals surface area contributed by atoms with Gasteiger partial charge in [0.2, 0.25) is 19.5 Å². The molecule has 1 amide bonds. The second kappa shape index (κ2) is 19.5. The Bertz CT molecular complexity index is 3010. The third kappa shape index (κ3) is 10.4. The highest BCUT2D eigenvalue weighted by molar-refractivity contribution is 5.96. The molecule has 0 radical (unpaired) electrons. The molecule has 0 saturated heterocycles. The van der Waals surface area contributed by atoms with Crippen LogP contribution in [0.3, 0.4) is 0 Å². The molecule has 71 heavy (non-hydrogen) atoms. The lowest BCUT2D eigenvalue weighted by Crippen LogP contribution is -2.26. The molecule has 6 aromatic rings. The van der Waals surface area contributed by atoms with Crippen LogP contribution in [-0.4, -0.2) is 69.5 Å². The van der Waals surface area contributed by atoms with E-state index in [1.807, 2.05) is 42.5 Å². The number of aliphatic carboxylic acids is 1. The normalized spacial score (nSPS) is 15.9. The van der Waals surface area contributed by atoms with Crippen molar-refractivity contribution in [3.63, 3.8) is 0 Å². The number of carbonyl (C=O) groups excluding carboxylic acids is 3. The number of hydrogen-bond donors (Lipinski definition) is 3. The number of aliphatic hydroxyl groups excluding tert-OH is 1. The van der Waals surface area contributed by atoms with Crippen molar-refractivity contribution in [2.24, 2.45) is 0 Å². The number of aryl methyl sites for hydroxylation is 2. The van der Waals surface area contributed by atoms with Crippen molar-refractivity contribution < 1.29 is 48.3 Å². The van der Waals surface area contributed by atoms with Crippen LogP contribution in [0.4, 0.5) is 0 Å². The van der Waals surface area contributed by atoms with Crippen molar-refractivity contribution in [3.8, 4) is 23.0 Å². The number of rotatable bonds is 18. The van der Waals surface area contributed by atoms with Gasteiger partial charge in [-0.1, -0.05) is 65.8 Å². The molecule has 2 fully saturated rings. The molecule has 4 aromatic carbocycles. The number of aromatic nitrogens is 2. The summed E-state index contributed by atoms with van der Waals surface area (Å²) in [5.74, 6) is 2.59. The highest BCUT2D eigenvalue weighted by Gasteiger charge is 2.52. The first kappa shape index (κ1) is 49.4. The average molecular weight is 966 g/mol. The smallest absolute Gasteiger partial charge is 0.303 e. The van der Waals surface area contributed by atoms with Crippen LogP contribution in [0.25, 0.3) is 21.8 Å². The fourth-order valence-electron chi connectivity index (χ4n) is 10.5. The number of carboxylic acids is 1. The van der Waals surface area contributed by atoms with Gasteiger partial charge in [0, 0.05) is 89.3 Å². The molecule has 2 aromatic heterocycles. The summed E-state index contributed by atoms with van der Waals surface area (Å²) >= 11 is 0. The molecule has 13 nitrogen and oxygen atoms in total. The van der Waals surface area contributed by atoms with E-state index in [4.69, 9.17) is 29.2 Å². The first-order chi connectivity index (χ1) is 33.9. The minimum atomic E-state index is -0.772. The van der Waals surface area contributed by atoms with Crippen LogP contribution >= 0.6 is 0 Å². The SMILES string of the molecule is CC(C)(C)c1cc2cc(CC(=O)C3(c4ccc5c(c4)OCO5)CC3)ccc2n1CCCC(=O)NCCO.CC(C)(C)c1cc2cc(CC(=O)C3(c4ccc5c(c4)OCO5)CC3)ccc2n1CCCC(=O)O. The van der Waals surface area contributed by atoms with E-state index in [0.717, 1.165) is 99.3 Å². The van der Waals surface area contributed by atoms with Gasteiger partial charge in [0.25, 0.3) is 0 Å². The molecule has 2 aliphatic carbocycles. The predicted octanol–water partition coefficient (Wildman–Crippen LogP) is 9.78. The number of carboxylic acid groups (broad SMARTS) is 1. The molecular formula is C58H67N3O10. The largest absolute Gasteiger partial charge is 0.481 e. The van der Waals surface area contributed by atoms with E-state index < -0.39 is 16.8 Å². The number of nitrogens with zero attached hydrogens (tertiary/aromatic N) is 2. The van der Waals surface area contributed by atoms with E-state index in [9.17, 15) is 19.2 Å². The number of ether oxygens (including phenoxy) is 4. The summed E-state index contributed by atoms with van der Waals surface area (Å²) in [6.45, 7) is 15.2. The van der Waals surface area contributed by atoms with Gasteiger partial charge in [-0.2, -0.15) is 0 Å². The Balaban J connectivity index is 0.000000176. The van der Waals surface area contributed by atoms with Crippen molar-refractivity contribution in [2.75, 3.05) is 26.7 Å². The van der Waals surface area contributed by atoms with E-state index in [2.05, 4.69) is 98.5 Å². The lowest BCUT2D eigenvalue weighted by molar-refractivity contribution is -0.137. The van der Waals surface area contributed by atoms with Gasteiger partial charge in [0.05, 0.1) is 17.4 Å². The lowest BCUT2D eigenvalue weighted by atomic mass is 9.87. The van der Waals surface area contributed by atoms with E-state index in [1.165, 1.54) is 11.4 Å². The van der Waals surface area contributed by atoms with Crippen molar-refractivity contribution >= 4 is 45.2 Å². The van der Waals surface area contributed by atoms with Crippen molar-refractivity contribution in [2.45, 2.75) is 141 Å². The van der Waals surface area contributed by atoms with Gasteiger partial charge in [0.15, 0.2) is 23.0 Å². The van der Waals surface area contributed by atoms with Crippen LogP contribution in [0.5, 0.6) is 23.0 Å². The van der Waals surface area contributed by atoms with Crippen molar-refractivity contribution in [3.05, 3.63) is 119 Å². The fourth-order valence-corrected chi connectivity index (χ4v) is 10.5. The Morgan fingerprint density at radius 1 is 0.577 bits per heavy atom. The number of benzene rings is 4. The second-order valence-electron chi connectivity index (χ2n) is 21.8. The number of hydrogen-bond acceptors (Lipinski definition) is 9. The summed E-state index contributed by atoms with van der Waals surface area (Å²) in [5.41, 5.74) is 7.67. The maximum Gasteiger partial charge on any atom is 0.303 e. The Labute approximate surface area is 415 Å². The number of ketones is 2. The van der Waals surface area contributed by atoms with Gasteiger partial charge >= 0.3 is 5.97 Å². The third-order valence-electron chi connectivity index (χ3n) is 14.6. The summed E-state index contributed by atoms with van der Waals surface area (Å²) in [7, 11) is 0. The van der Waals surface area contributed by atoms with Gasteiger partial charge in [0.1, 0.15) is 11.6 Å². The molecule has 13 heteroatoms. The molecule has 4 heterocycles. The Hall–Kier alpha value is -6.60. The van der Waals surface area contributed by atoms with Crippen LogP contribution in [0.2, 0.25) is 0 Å². The predicted molar refractivity (Wildman–Crippen MR) is 272 cm³/mol. The molecule has 3 N–H and O–H groups in total. The summed E-state index contributed by atoms with van der Waals surface area (Å²) in [4.78, 5) is 50.0. The maximum absolute atomic E-state index is 13.5. The molecular weight excluding hydrogens is 899 g/mol. The van der Waals surface area contributed by atoms with Crippen LogP contribution in [-0.2, 0) is 66.8 Å². The number of amides is 1. The average Bonchev–Trinajstić information content (AvgIpc) is 4.09. The first-order valence-electron chi connectivity index (χ1n) is 25.1. The van der Waals surface area contributed by atoms with Gasteiger partial charge < -0.3 is 43.6 Å². The van der Waals surface area contributed by atoms with Gasteiger partial charge in [-0.05, 0) is 121 Å². The lowest BCUT2D eigenvalue weighted by Gasteiger charge is -2.22. The zero-order valence-electron chi connectivity index (χ0n) is 42.0. The molecule has 2 saturated carbocycles. The van der Waals surface area contributed by atoms with Crippen molar-refractivity contribution in [1.82, 2.24) is 14.5 Å². The van der Waals surface area contributed by atoms with Crippen LogP contribution in [0, 0.1) is 0 Å². The number of nitrogens with one attached hydrogen (secondary N) is 1. The molecule has 0 spiro atoms. The van der Waals surface area contributed by atoms with Crippen LogP contribution < -0.4 is 24.3 Å². The Morgan fingerprint density at radius 2 is 1.01 bits per heavy atom. The molecule has 4 aliphatic rings. The minimum absolute atomic E-state index is 0.0416. The molecule has 0 bridgehead atoms. The topological polar surface area (TPSA) is 168 Å². The maximum atomic E-state index is 13.5. The number of carbonyl (C=O) groups is 4. The Morgan fingerprint density at radius 3 is 1.42 bits per heavy atom. The van der Waals surface area contributed by atoms with Crippen LogP contribution in [0.1, 0.15) is 127 Å². The highest BCUT2D eigenvalue weighted by atomic mass is 16.7. The van der Waals surface area contributed by atoms with E-state index in [0.29, 0.717) is 38.6 Å². The minimum Gasteiger partial charge on any atom is -0.481 e. The monoisotopic (exact) mass is 965 g/mol. The fraction of sp³-hybridized carbons (Fsp3) is 0.448. The molecule has 2 aliphatic heterocycles. The summed E-state index contributed by atoms with van der Waals surface area (Å²) in [6.07, 6.45) is 6.10. The van der Waals surface area contributed by atoms with E-state index >= 15 is 0 Å². The number of Topliss-reactive ketones (excluding diaryl/α,β-unsaturated/α-hetero) is 2. The quantitative estimate of drug-likeness (QED) is 0.0755. The molecule has 10 rings (SSSR count). The zero-order chi connectivity index (χ0) is 50.3. The molecule has 0 unspecified atom stereocenters. The van der Waals surface area contributed by atoms with E-state index in [-0.39, 0.29) is 61.5 Å². The molecule has 0 atom stereocenters. The van der Waals surface area contributed by atoms with E-state index in [1.54, 1.807) is 0 Å². The number of aliphatic hydroxyl groups is 1. The first-order valence-corrected chi connectivity index (χ1v) is 25.1. The summed E-state index contributed by atoms with van der Waals surface area (Å²) < 4.78 is 26.4. The van der Waals surface area contributed by atoms with Gasteiger partial charge in [-0.3, -0.25) is 19.2 Å². The summed E-state index contributed by atoms with van der Waals surface area (Å²) in [5, 5.41) is 22.9. The van der Waals surface area contributed by atoms with Gasteiger partial charge in [-0.25, -0.2) is 0 Å². The van der Waals surface area contributed by atoms with Crippen LogP contribution in [0.15, 0.2) is 84.9 Å². The summed E-state index contributed by atoms with van der Waals surface area (Å²) in [6, 6.07) is 28.7. The highest BCUT2D eigenvalue weighted by Crippen LogP contribution is 2.53. The molecule has 374 valence electrons. The Kier molecular flexibility index (Phi) is 13.6. The zero-order valence-corrected chi connectivity index (χ0v) is 42.0. The third-order valence-corrected chi connectivity index (χ3v) is 14.6. The standard InChI is InChI=1S/C30H36N2O5.C28H31NO5/c1-29(2,3)26-17-21-15-20(6-8-23(21)32(26)13-4-5-28(35)31-12-14-33)16-27(34)30(10-11-30)22-7-9-24-25(18-22)37-19-36-24;1-27(2,3)24-15-19-13-18(6-8-21(19)29(24)12-4-5-26(31)32)14-25(30)28(10-11-28)20-7-9-22-23(16-20)34-17-33-22/h6-9,15,17-18,33H,4-5,10-14,16,19H2,1-3H3,(H,31,35);6-9,13,15-16H,4-5,10-12,14,17H2,1-3H3,(H,31,32).